The first kappa shape index (κ1) is 12.1. The van der Waals surface area contributed by atoms with Crippen molar-refractivity contribution in [3.8, 4) is 6.07 Å². The van der Waals surface area contributed by atoms with Gasteiger partial charge < -0.3 is 4.90 Å². The number of carbonyl (C=O) groups excluding carboxylic acids is 1. The van der Waals surface area contributed by atoms with Gasteiger partial charge in [0.05, 0.1) is 12.0 Å². The lowest BCUT2D eigenvalue weighted by atomic mass is 9.96. The standard InChI is InChI=1S/C15H14N2O/c1-12(18)15-11-17(8-7-14(15)9-16)10-13-5-3-2-4-6-13/h2-8,11,14H,10H2,1H3. The highest BCUT2D eigenvalue weighted by molar-refractivity contribution is 5.94. The molecule has 1 unspecified atom stereocenters. The molecule has 2 rings (SSSR count). The average molecular weight is 238 g/mol. The van der Waals surface area contributed by atoms with Crippen LogP contribution in [0.15, 0.2) is 54.4 Å². The van der Waals surface area contributed by atoms with Crippen molar-refractivity contribution in [2.75, 3.05) is 0 Å². The number of nitriles is 1. The molecular formula is C15H14N2O. The van der Waals surface area contributed by atoms with Crippen LogP contribution in [0, 0.1) is 17.2 Å². The van der Waals surface area contributed by atoms with Crippen LogP contribution in [0.3, 0.4) is 0 Å². The van der Waals surface area contributed by atoms with Crippen LogP contribution in [0.2, 0.25) is 0 Å². The van der Waals surface area contributed by atoms with Crippen molar-refractivity contribution >= 4 is 5.78 Å². The van der Waals surface area contributed by atoms with Crippen LogP contribution in [0.5, 0.6) is 0 Å². The number of hydrogen-bond donors (Lipinski definition) is 0. The number of benzene rings is 1. The van der Waals surface area contributed by atoms with Crippen molar-refractivity contribution in [2.24, 2.45) is 5.92 Å². The Bertz CT molecular complexity index is 537. The van der Waals surface area contributed by atoms with Gasteiger partial charge in [-0.3, -0.25) is 4.79 Å². The Morgan fingerprint density at radius 2 is 2.11 bits per heavy atom. The van der Waals surface area contributed by atoms with Gasteiger partial charge in [-0.15, -0.1) is 0 Å². The molecule has 0 saturated carbocycles. The molecule has 0 N–H and O–H groups in total. The lowest BCUT2D eigenvalue weighted by Gasteiger charge is -2.23. The van der Waals surface area contributed by atoms with Crippen LogP contribution in [0.4, 0.5) is 0 Å². The zero-order valence-corrected chi connectivity index (χ0v) is 10.2. The van der Waals surface area contributed by atoms with Gasteiger partial charge in [0.1, 0.15) is 0 Å². The monoisotopic (exact) mass is 238 g/mol. The maximum Gasteiger partial charge on any atom is 0.158 e. The number of Topliss-reactive ketones (excluding diaryl/α,β-unsaturated/α-hetero) is 1. The van der Waals surface area contributed by atoms with Crippen molar-refractivity contribution in [1.29, 1.82) is 5.26 Å². The van der Waals surface area contributed by atoms with E-state index in [1.807, 2.05) is 41.4 Å². The van der Waals surface area contributed by atoms with Crippen molar-refractivity contribution in [1.82, 2.24) is 4.90 Å². The molecule has 1 aliphatic heterocycles. The van der Waals surface area contributed by atoms with E-state index in [-0.39, 0.29) is 5.78 Å². The second kappa shape index (κ2) is 5.33. The maximum atomic E-state index is 11.5. The molecule has 0 amide bonds. The normalized spacial score (nSPS) is 18.1. The summed E-state index contributed by atoms with van der Waals surface area (Å²) in [5, 5.41) is 8.97. The Balaban J connectivity index is 2.17. The summed E-state index contributed by atoms with van der Waals surface area (Å²) in [5.74, 6) is -0.474. The first-order valence-electron chi connectivity index (χ1n) is 5.81. The molecular weight excluding hydrogens is 224 g/mol. The van der Waals surface area contributed by atoms with Crippen LogP contribution in [-0.2, 0) is 11.3 Å². The highest BCUT2D eigenvalue weighted by atomic mass is 16.1. The Kier molecular flexibility index (Phi) is 3.59. The summed E-state index contributed by atoms with van der Waals surface area (Å²) in [6.07, 6.45) is 5.39. The molecule has 0 radical (unpaired) electrons. The third kappa shape index (κ3) is 2.67. The molecule has 1 atom stereocenters. The van der Waals surface area contributed by atoms with Crippen LogP contribution >= 0.6 is 0 Å². The Morgan fingerprint density at radius 1 is 1.39 bits per heavy atom. The zero-order chi connectivity index (χ0) is 13.0. The Hall–Kier alpha value is -2.34. The SMILES string of the molecule is CC(=O)C1=CN(Cc2ccccc2)C=CC1C#N. The van der Waals surface area contributed by atoms with Gasteiger partial charge in [-0.1, -0.05) is 30.3 Å². The number of carbonyl (C=O) groups is 1. The van der Waals surface area contributed by atoms with E-state index in [0.29, 0.717) is 12.1 Å². The molecule has 0 spiro atoms. The molecule has 18 heavy (non-hydrogen) atoms. The molecule has 1 aliphatic rings. The highest BCUT2D eigenvalue weighted by Crippen LogP contribution is 2.21. The zero-order valence-electron chi connectivity index (χ0n) is 10.2. The molecule has 0 fully saturated rings. The first-order valence-corrected chi connectivity index (χ1v) is 5.81. The third-order valence-electron chi connectivity index (χ3n) is 2.86. The lowest BCUT2D eigenvalue weighted by molar-refractivity contribution is -0.114. The van der Waals surface area contributed by atoms with E-state index in [0.717, 1.165) is 5.56 Å². The van der Waals surface area contributed by atoms with Crippen molar-refractivity contribution in [3.05, 3.63) is 59.9 Å². The fourth-order valence-corrected chi connectivity index (χ4v) is 1.92. The summed E-state index contributed by atoms with van der Waals surface area (Å²) in [7, 11) is 0. The number of ketones is 1. The van der Waals surface area contributed by atoms with Crippen molar-refractivity contribution in [3.63, 3.8) is 0 Å². The summed E-state index contributed by atoms with van der Waals surface area (Å²) >= 11 is 0. The Morgan fingerprint density at radius 3 is 2.72 bits per heavy atom. The summed E-state index contributed by atoms with van der Waals surface area (Å²) in [6, 6.07) is 12.1. The minimum absolute atomic E-state index is 0.0519. The van der Waals surface area contributed by atoms with Crippen LogP contribution in [0.25, 0.3) is 0 Å². The molecule has 0 saturated heterocycles. The molecule has 1 aromatic carbocycles. The Labute approximate surface area is 107 Å². The second-order valence-corrected chi connectivity index (χ2v) is 4.25. The van der Waals surface area contributed by atoms with Crippen molar-refractivity contribution < 1.29 is 4.79 Å². The van der Waals surface area contributed by atoms with Gasteiger partial charge in [0.2, 0.25) is 0 Å². The van der Waals surface area contributed by atoms with Gasteiger partial charge in [0.25, 0.3) is 0 Å². The van der Waals surface area contributed by atoms with Gasteiger partial charge in [-0.05, 0) is 18.6 Å². The first-order chi connectivity index (χ1) is 8.70. The van der Waals surface area contributed by atoms with Gasteiger partial charge in [0.15, 0.2) is 5.78 Å². The second-order valence-electron chi connectivity index (χ2n) is 4.25. The quantitative estimate of drug-likeness (QED) is 0.813. The molecule has 1 heterocycles. The molecule has 0 aliphatic carbocycles. The van der Waals surface area contributed by atoms with E-state index < -0.39 is 5.92 Å². The van der Waals surface area contributed by atoms with E-state index in [1.54, 1.807) is 12.3 Å². The summed E-state index contributed by atoms with van der Waals surface area (Å²) in [5.41, 5.74) is 1.72. The highest BCUT2D eigenvalue weighted by Gasteiger charge is 2.19. The fraction of sp³-hybridized carbons (Fsp3) is 0.200. The smallest absolute Gasteiger partial charge is 0.158 e. The number of nitrogens with zero attached hydrogens (tertiary/aromatic N) is 2. The van der Waals surface area contributed by atoms with E-state index in [4.69, 9.17) is 5.26 Å². The average Bonchev–Trinajstić information content (AvgIpc) is 2.40. The van der Waals surface area contributed by atoms with E-state index in [2.05, 4.69) is 6.07 Å². The van der Waals surface area contributed by atoms with Crippen LogP contribution < -0.4 is 0 Å². The predicted octanol–water partition coefficient (Wildman–Crippen LogP) is 2.63. The predicted molar refractivity (Wildman–Crippen MR) is 69.0 cm³/mol. The van der Waals surface area contributed by atoms with Gasteiger partial charge in [0, 0.05) is 24.5 Å². The number of hydrogen-bond acceptors (Lipinski definition) is 3. The van der Waals surface area contributed by atoms with Gasteiger partial charge in [-0.2, -0.15) is 5.26 Å². The molecule has 0 aromatic heterocycles. The molecule has 90 valence electrons. The largest absolute Gasteiger partial charge is 0.350 e. The molecule has 3 heteroatoms. The minimum Gasteiger partial charge on any atom is -0.350 e. The van der Waals surface area contributed by atoms with Crippen LogP contribution in [-0.4, -0.2) is 10.7 Å². The number of rotatable bonds is 3. The molecule has 3 nitrogen and oxygen atoms in total. The van der Waals surface area contributed by atoms with Gasteiger partial charge >= 0.3 is 0 Å². The van der Waals surface area contributed by atoms with E-state index >= 15 is 0 Å². The number of allylic oxidation sites excluding steroid dienone is 2. The van der Waals surface area contributed by atoms with E-state index in [1.165, 1.54) is 6.92 Å². The summed E-state index contributed by atoms with van der Waals surface area (Å²) in [6.45, 7) is 2.20. The molecule has 1 aromatic rings. The van der Waals surface area contributed by atoms with Gasteiger partial charge in [-0.25, -0.2) is 0 Å². The lowest BCUT2D eigenvalue weighted by Crippen LogP contribution is -2.20. The maximum absolute atomic E-state index is 11.5. The van der Waals surface area contributed by atoms with Crippen molar-refractivity contribution in [2.45, 2.75) is 13.5 Å². The summed E-state index contributed by atoms with van der Waals surface area (Å²) in [4.78, 5) is 13.4. The minimum atomic E-state index is -0.422. The fourth-order valence-electron chi connectivity index (χ4n) is 1.92. The van der Waals surface area contributed by atoms with Crippen LogP contribution in [0.1, 0.15) is 12.5 Å². The molecule has 0 bridgehead atoms. The van der Waals surface area contributed by atoms with E-state index in [9.17, 15) is 4.79 Å². The third-order valence-corrected chi connectivity index (χ3v) is 2.86. The summed E-state index contributed by atoms with van der Waals surface area (Å²) < 4.78 is 0. The topological polar surface area (TPSA) is 44.1 Å².